The van der Waals surface area contributed by atoms with E-state index in [1.807, 2.05) is 6.07 Å². The molecule has 38 heavy (non-hydrogen) atoms. The number of aliphatic imine (C=N–C) groups is 1. The molecule has 0 fully saturated rings. The van der Waals surface area contributed by atoms with E-state index in [-0.39, 0.29) is 31.8 Å². The van der Waals surface area contributed by atoms with Gasteiger partial charge in [0.2, 0.25) is 5.91 Å². The Balaban J connectivity index is 1.52. The molecular weight excluding hydrogens is 487 g/mol. The van der Waals surface area contributed by atoms with Crippen molar-refractivity contribution in [1.82, 2.24) is 4.90 Å². The van der Waals surface area contributed by atoms with Gasteiger partial charge < -0.3 is 5.32 Å². The van der Waals surface area contributed by atoms with E-state index in [1.54, 1.807) is 54.7 Å². The van der Waals surface area contributed by atoms with Gasteiger partial charge in [-0.25, -0.2) is 4.39 Å². The SMILES string of the molecule is [N-]=[N+]=NCC[C@]1([C@]2(CCN3C(=O)c4ccccc4C3=O)C(=O)Nc3ccccc32)C=Nc2ccc(F)cc21. The summed E-state index contributed by atoms with van der Waals surface area (Å²) in [5, 5.41) is 6.68. The molecule has 6 rings (SSSR count). The van der Waals surface area contributed by atoms with E-state index in [0.29, 0.717) is 33.6 Å². The minimum atomic E-state index is -1.38. The number of fused-ring (bicyclic) bond motifs is 3. The molecule has 0 aromatic heterocycles. The first-order chi connectivity index (χ1) is 18.4. The molecule has 3 aromatic carbocycles. The van der Waals surface area contributed by atoms with Crippen molar-refractivity contribution in [1.29, 1.82) is 0 Å². The van der Waals surface area contributed by atoms with Crippen LogP contribution < -0.4 is 5.32 Å². The van der Waals surface area contributed by atoms with Gasteiger partial charge in [-0.3, -0.25) is 24.3 Å². The summed E-state index contributed by atoms with van der Waals surface area (Å²) in [6.45, 7) is -0.0431. The summed E-state index contributed by atoms with van der Waals surface area (Å²) in [7, 11) is 0. The number of halogens is 1. The molecule has 0 radical (unpaired) electrons. The minimum Gasteiger partial charge on any atom is -0.325 e. The Morgan fingerprint density at radius 2 is 1.66 bits per heavy atom. The second-order valence-electron chi connectivity index (χ2n) is 9.56. The van der Waals surface area contributed by atoms with Gasteiger partial charge in [-0.15, -0.1) is 0 Å². The highest BCUT2D eigenvalue weighted by Gasteiger charge is 2.62. The van der Waals surface area contributed by atoms with E-state index >= 15 is 0 Å². The third-order valence-electron chi connectivity index (χ3n) is 7.91. The summed E-state index contributed by atoms with van der Waals surface area (Å²) >= 11 is 0. The van der Waals surface area contributed by atoms with Crippen LogP contribution in [0.15, 0.2) is 76.8 Å². The van der Waals surface area contributed by atoms with Crippen LogP contribution >= 0.6 is 0 Å². The van der Waals surface area contributed by atoms with Crippen molar-refractivity contribution in [3.8, 4) is 0 Å². The number of amides is 3. The maximum atomic E-state index is 14.6. The van der Waals surface area contributed by atoms with Gasteiger partial charge in [0, 0.05) is 29.9 Å². The number of carbonyl (C=O) groups excluding carboxylic acids is 3. The highest BCUT2D eigenvalue weighted by atomic mass is 19.1. The van der Waals surface area contributed by atoms with Crippen molar-refractivity contribution in [3.05, 3.63) is 105 Å². The monoisotopic (exact) mass is 508 g/mol. The Morgan fingerprint density at radius 1 is 0.947 bits per heavy atom. The number of para-hydroxylation sites is 1. The Kier molecular flexibility index (Phi) is 5.36. The van der Waals surface area contributed by atoms with Crippen LogP contribution in [-0.4, -0.2) is 41.9 Å². The van der Waals surface area contributed by atoms with E-state index in [4.69, 9.17) is 5.53 Å². The van der Waals surface area contributed by atoms with Crippen LogP contribution in [0.25, 0.3) is 10.4 Å². The zero-order valence-corrected chi connectivity index (χ0v) is 20.1. The number of rotatable bonds is 7. The lowest BCUT2D eigenvalue weighted by atomic mass is 9.55. The van der Waals surface area contributed by atoms with Crippen molar-refractivity contribution in [2.75, 3.05) is 18.4 Å². The molecule has 3 aliphatic rings. The predicted molar refractivity (Wildman–Crippen MR) is 138 cm³/mol. The van der Waals surface area contributed by atoms with E-state index < -0.39 is 28.5 Å². The molecule has 3 aliphatic heterocycles. The number of imide groups is 1. The molecule has 0 bridgehead atoms. The number of nitrogens with one attached hydrogen (secondary N) is 1. The van der Waals surface area contributed by atoms with E-state index in [1.165, 1.54) is 12.1 Å². The number of hydrogen-bond acceptors (Lipinski definition) is 5. The topological polar surface area (TPSA) is 128 Å². The maximum absolute atomic E-state index is 14.6. The standard InChI is InChI=1S/C28H21FN6O3/c29-17-9-10-22-21(15-17)27(16-31-22,11-13-32-34-30)28(20-7-3-4-8-23(20)33-26(28)38)12-14-35-24(36)18-5-1-2-6-19(18)25(35)37/h1-10,15-16H,11-14H2,(H,33,38)/t27-,28-/m0/s1. The molecule has 3 amide bonds. The van der Waals surface area contributed by atoms with Crippen LogP contribution in [0.4, 0.5) is 15.8 Å². The summed E-state index contributed by atoms with van der Waals surface area (Å²) in [6.07, 6.45) is 1.83. The average Bonchev–Trinajstić information content (AvgIpc) is 3.52. The molecule has 10 heteroatoms. The van der Waals surface area contributed by atoms with E-state index in [9.17, 15) is 18.8 Å². The predicted octanol–water partition coefficient (Wildman–Crippen LogP) is 5.06. The lowest BCUT2D eigenvalue weighted by Gasteiger charge is -2.44. The van der Waals surface area contributed by atoms with Gasteiger partial charge in [0.1, 0.15) is 5.82 Å². The van der Waals surface area contributed by atoms with Crippen molar-refractivity contribution in [2.45, 2.75) is 23.7 Å². The summed E-state index contributed by atoms with van der Waals surface area (Å²) < 4.78 is 14.6. The first-order valence-electron chi connectivity index (χ1n) is 12.2. The molecule has 2 atom stereocenters. The summed E-state index contributed by atoms with van der Waals surface area (Å²) in [5.41, 5.74) is 9.25. The van der Waals surface area contributed by atoms with Crippen LogP contribution in [0.3, 0.4) is 0 Å². The second-order valence-corrected chi connectivity index (χ2v) is 9.56. The molecule has 0 aliphatic carbocycles. The molecule has 188 valence electrons. The molecule has 1 N–H and O–H groups in total. The zero-order valence-electron chi connectivity index (χ0n) is 20.1. The van der Waals surface area contributed by atoms with Gasteiger partial charge in [-0.05, 0) is 65.9 Å². The normalized spacial score (nSPS) is 22.7. The van der Waals surface area contributed by atoms with E-state index in [0.717, 1.165) is 4.90 Å². The quantitative estimate of drug-likeness (QED) is 0.207. The first kappa shape index (κ1) is 23.6. The molecule has 3 heterocycles. The van der Waals surface area contributed by atoms with Crippen molar-refractivity contribution < 1.29 is 18.8 Å². The Morgan fingerprint density at radius 3 is 2.39 bits per heavy atom. The highest BCUT2D eigenvalue weighted by molar-refractivity contribution is 6.21. The van der Waals surface area contributed by atoms with Crippen LogP contribution in [0.5, 0.6) is 0 Å². The number of benzene rings is 3. The second kappa shape index (κ2) is 8.64. The fourth-order valence-electron chi connectivity index (χ4n) is 6.20. The number of anilines is 1. The van der Waals surface area contributed by atoms with Gasteiger partial charge in [0.05, 0.1) is 27.6 Å². The van der Waals surface area contributed by atoms with Crippen molar-refractivity contribution in [2.24, 2.45) is 10.1 Å². The van der Waals surface area contributed by atoms with Crippen LogP contribution in [0.2, 0.25) is 0 Å². The van der Waals surface area contributed by atoms with Gasteiger partial charge in [-0.1, -0.05) is 35.4 Å². The fourth-order valence-corrected chi connectivity index (χ4v) is 6.20. The zero-order chi connectivity index (χ0) is 26.5. The van der Waals surface area contributed by atoms with Gasteiger partial charge >= 0.3 is 0 Å². The molecule has 0 spiro atoms. The summed E-state index contributed by atoms with van der Waals surface area (Å²) in [5.74, 6) is -1.71. The maximum Gasteiger partial charge on any atom is 0.261 e. The minimum absolute atomic E-state index is 0.0166. The molecule has 0 saturated heterocycles. The van der Waals surface area contributed by atoms with Crippen molar-refractivity contribution in [3.63, 3.8) is 0 Å². The van der Waals surface area contributed by atoms with Gasteiger partial charge in [0.15, 0.2) is 0 Å². The lowest BCUT2D eigenvalue weighted by Crippen LogP contribution is -2.56. The van der Waals surface area contributed by atoms with Gasteiger partial charge in [0.25, 0.3) is 11.8 Å². The molecule has 9 nitrogen and oxygen atoms in total. The third-order valence-corrected chi connectivity index (χ3v) is 7.91. The molecule has 0 saturated carbocycles. The third kappa shape index (κ3) is 3.13. The van der Waals surface area contributed by atoms with E-state index in [2.05, 4.69) is 20.3 Å². The highest BCUT2D eigenvalue weighted by Crippen LogP contribution is 2.57. The van der Waals surface area contributed by atoms with Gasteiger partial charge in [-0.2, -0.15) is 0 Å². The Bertz CT molecular complexity index is 1580. The average molecular weight is 509 g/mol. The first-order valence-corrected chi connectivity index (χ1v) is 12.2. The summed E-state index contributed by atoms with van der Waals surface area (Å²) in [4.78, 5) is 49.0. The largest absolute Gasteiger partial charge is 0.325 e. The lowest BCUT2D eigenvalue weighted by molar-refractivity contribution is -0.123. The Hall–Kier alpha value is -4.82. The van der Waals surface area contributed by atoms with Crippen LogP contribution in [-0.2, 0) is 15.6 Å². The van der Waals surface area contributed by atoms with Crippen LogP contribution in [0, 0.1) is 5.82 Å². The smallest absolute Gasteiger partial charge is 0.261 e. The number of azide groups is 1. The number of nitrogens with zero attached hydrogens (tertiary/aromatic N) is 5. The number of carbonyl (C=O) groups is 3. The van der Waals surface area contributed by atoms with Crippen molar-refractivity contribution >= 4 is 35.3 Å². The Labute approximate surface area is 216 Å². The number of hydrogen-bond donors (Lipinski definition) is 1. The van der Waals surface area contributed by atoms with Crippen LogP contribution in [0.1, 0.15) is 44.7 Å². The fraction of sp³-hybridized carbons (Fsp3) is 0.214. The molecule has 0 unspecified atom stereocenters. The molecule has 3 aromatic rings. The summed E-state index contributed by atoms with van der Waals surface area (Å²) in [6, 6.07) is 18.0. The molecular formula is C28H21FN6O3.